The van der Waals surface area contributed by atoms with Crippen LogP contribution >= 0.6 is 0 Å². The summed E-state index contributed by atoms with van der Waals surface area (Å²) in [4.78, 5) is 13.7. The van der Waals surface area contributed by atoms with Crippen molar-refractivity contribution < 1.29 is 24.3 Å². The van der Waals surface area contributed by atoms with E-state index in [0.717, 1.165) is 30.8 Å². The number of carbonyl (C=O) groups excluding carboxylic acids is 1. The van der Waals surface area contributed by atoms with Crippen molar-refractivity contribution in [3.63, 3.8) is 0 Å². The summed E-state index contributed by atoms with van der Waals surface area (Å²) in [5, 5.41) is 14.4. The number of rotatable bonds is 4. The molecule has 0 unspecified atom stereocenters. The van der Waals surface area contributed by atoms with Gasteiger partial charge in [0, 0.05) is 18.9 Å². The molecule has 0 bridgehead atoms. The van der Waals surface area contributed by atoms with Crippen molar-refractivity contribution in [2.24, 2.45) is 5.92 Å². The van der Waals surface area contributed by atoms with E-state index in [2.05, 4.69) is 12.2 Å². The fourth-order valence-corrected chi connectivity index (χ4v) is 4.68. The Morgan fingerprint density at radius 3 is 2.74 bits per heavy atom. The first kappa shape index (κ1) is 18.6. The highest BCUT2D eigenvalue weighted by atomic mass is 16.7. The Bertz CT molecular complexity index is 685. The second-order valence-corrected chi connectivity index (χ2v) is 8.46. The van der Waals surface area contributed by atoms with E-state index in [-0.39, 0.29) is 12.7 Å². The molecule has 4 rings (SSSR count). The quantitative estimate of drug-likeness (QED) is 0.734. The molecule has 0 aromatic heterocycles. The Hall–Kier alpha value is -1.79. The topological polar surface area (TPSA) is 72.2 Å². The molecule has 1 aliphatic carbocycles. The molecule has 3 aliphatic rings. The van der Waals surface area contributed by atoms with Gasteiger partial charge in [0.05, 0.1) is 13.1 Å². The Balaban J connectivity index is 1.30. The van der Waals surface area contributed by atoms with Gasteiger partial charge in [-0.2, -0.15) is 0 Å². The number of nitrogens with one attached hydrogen (secondary N) is 2. The third-order valence-electron chi connectivity index (χ3n) is 6.56. The van der Waals surface area contributed by atoms with Crippen LogP contribution in [-0.2, 0) is 10.4 Å². The molecule has 2 atom stereocenters. The molecule has 1 amide bonds. The summed E-state index contributed by atoms with van der Waals surface area (Å²) in [6, 6.07) is 6.02. The number of hydrogen-bond donors (Lipinski definition) is 3. The molecule has 1 aromatic carbocycles. The molecule has 6 heteroatoms. The summed E-state index contributed by atoms with van der Waals surface area (Å²) in [7, 11) is 0. The van der Waals surface area contributed by atoms with E-state index in [4.69, 9.17) is 9.47 Å². The molecular formula is C21H31N2O4+. The minimum atomic E-state index is -0.848. The standard InChI is InChI=1S/C21H30N2O4/c1-15-4-2-3-5-17(15)22-20(24)13-23-10-8-21(25,9-11-23)16-6-7-18-19(12-16)27-14-26-18/h6-7,12,15,17,25H,2-5,8-11,13-14H2,1H3,(H,22,24)/p+1/t15-,17-/m1/s1. The molecule has 2 heterocycles. The van der Waals surface area contributed by atoms with Crippen molar-refractivity contribution in [2.45, 2.75) is 57.1 Å². The largest absolute Gasteiger partial charge is 0.454 e. The highest BCUT2D eigenvalue weighted by molar-refractivity contribution is 5.77. The van der Waals surface area contributed by atoms with Crippen LogP contribution in [0.3, 0.4) is 0 Å². The van der Waals surface area contributed by atoms with Gasteiger partial charge in [-0.1, -0.05) is 25.8 Å². The first-order valence-corrected chi connectivity index (χ1v) is 10.3. The van der Waals surface area contributed by atoms with E-state index >= 15 is 0 Å². The SMILES string of the molecule is C[C@@H]1CCCC[C@H]1NC(=O)C[NH+]1CCC(O)(c2ccc3c(c2)OCO3)CC1. The molecule has 1 saturated carbocycles. The number of hydrogen-bond acceptors (Lipinski definition) is 4. The van der Waals surface area contributed by atoms with Gasteiger partial charge in [0.25, 0.3) is 5.91 Å². The van der Waals surface area contributed by atoms with Crippen LogP contribution in [0.1, 0.15) is 51.0 Å². The molecule has 6 nitrogen and oxygen atoms in total. The number of carbonyl (C=O) groups is 1. The van der Waals surface area contributed by atoms with Crippen molar-refractivity contribution >= 4 is 5.91 Å². The molecule has 2 fully saturated rings. The maximum absolute atomic E-state index is 12.5. The van der Waals surface area contributed by atoms with E-state index in [1.54, 1.807) is 0 Å². The third-order valence-corrected chi connectivity index (χ3v) is 6.56. The highest BCUT2D eigenvalue weighted by Gasteiger charge is 2.38. The Morgan fingerprint density at radius 1 is 1.22 bits per heavy atom. The van der Waals surface area contributed by atoms with Crippen molar-refractivity contribution in [1.29, 1.82) is 0 Å². The lowest BCUT2D eigenvalue weighted by Crippen LogP contribution is -3.14. The summed E-state index contributed by atoms with van der Waals surface area (Å²) < 4.78 is 10.8. The van der Waals surface area contributed by atoms with Gasteiger partial charge in [-0.25, -0.2) is 0 Å². The van der Waals surface area contributed by atoms with Crippen LogP contribution in [0.5, 0.6) is 11.5 Å². The lowest BCUT2D eigenvalue weighted by atomic mass is 9.84. The van der Waals surface area contributed by atoms with Gasteiger partial charge in [-0.05, 0) is 36.5 Å². The van der Waals surface area contributed by atoms with E-state index < -0.39 is 5.60 Å². The molecule has 0 radical (unpaired) electrons. The van der Waals surface area contributed by atoms with Crippen molar-refractivity contribution in [3.8, 4) is 11.5 Å². The van der Waals surface area contributed by atoms with Crippen molar-refractivity contribution in [3.05, 3.63) is 23.8 Å². The zero-order valence-corrected chi connectivity index (χ0v) is 16.1. The first-order valence-electron chi connectivity index (χ1n) is 10.3. The van der Waals surface area contributed by atoms with Gasteiger partial charge in [0.2, 0.25) is 6.79 Å². The second-order valence-electron chi connectivity index (χ2n) is 8.46. The number of benzene rings is 1. The van der Waals surface area contributed by atoms with Gasteiger partial charge in [-0.3, -0.25) is 4.79 Å². The van der Waals surface area contributed by atoms with Crippen molar-refractivity contribution in [2.75, 3.05) is 26.4 Å². The van der Waals surface area contributed by atoms with Crippen LogP contribution in [0.25, 0.3) is 0 Å². The summed E-state index contributed by atoms with van der Waals surface area (Å²) in [5.41, 5.74) is 0.0324. The number of fused-ring (bicyclic) bond motifs is 1. The molecule has 27 heavy (non-hydrogen) atoms. The monoisotopic (exact) mass is 375 g/mol. The zero-order valence-electron chi connectivity index (χ0n) is 16.1. The first-order chi connectivity index (χ1) is 13.0. The van der Waals surface area contributed by atoms with E-state index in [9.17, 15) is 9.90 Å². The third kappa shape index (κ3) is 4.06. The highest BCUT2D eigenvalue weighted by Crippen LogP contribution is 2.38. The number of piperidine rings is 1. The Kier molecular flexibility index (Phi) is 5.28. The number of ether oxygens (including phenoxy) is 2. The van der Waals surface area contributed by atoms with Crippen LogP contribution in [0.15, 0.2) is 18.2 Å². The van der Waals surface area contributed by atoms with Crippen molar-refractivity contribution in [1.82, 2.24) is 5.32 Å². The van der Waals surface area contributed by atoms with Gasteiger partial charge >= 0.3 is 0 Å². The average Bonchev–Trinajstić information content (AvgIpc) is 3.13. The number of amides is 1. The lowest BCUT2D eigenvalue weighted by molar-refractivity contribution is -0.900. The fraction of sp³-hybridized carbons (Fsp3) is 0.667. The smallest absolute Gasteiger partial charge is 0.275 e. The van der Waals surface area contributed by atoms with E-state index in [1.165, 1.54) is 24.2 Å². The molecule has 1 aromatic rings. The lowest BCUT2D eigenvalue weighted by Gasteiger charge is -2.36. The van der Waals surface area contributed by atoms with Crippen LogP contribution < -0.4 is 19.7 Å². The van der Waals surface area contributed by atoms with Gasteiger partial charge in [0.1, 0.15) is 5.60 Å². The number of quaternary nitrogens is 1. The number of likely N-dealkylation sites (tertiary alicyclic amines) is 1. The van der Waals surface area contributed by atoms with Gasteiger partial charge < -0.3 is 24.8 Å². The molecule has 2 aliphatic heterocycles. The Morgan fingerprint density at radius 2 is 1.96 bits per heavy atom. The molecule has 0 spiro atoms. The normalized spacial score (nSPS) is 32.9. The van der Waals surface area contributed by atoms with Crippen LogP contribution in [0.2, 0.25) is 0 Å². The summed E-state index contributed by atoms with van der Waals surface area (Å²) in [5.74, 6) is 2.17. The predicted octanol–water partition coefficient (Wildman–Crippen LogP) is 0.977. The molecule has 3 N–H and O–H groups in total. The summed E-state index contributed by atoms with van der Waals surface area (Å²) >= 11 is 0. The van der Waals surface area contributed by atoms with Crippen LogP contribution in [0, 0.1) is 5.92 Å². The van der Waals surface area contributed by atoms with Gasteiger partial charge in [-0.15, -0.1) is 0 Å². The fourth-order valence-electron chi connectivity index (χ4n) is 4.68. The maximum atomic E-state index is 12.5. The minimum absolute atomic E-state index is 0.150. The second kappa shape index (κ2) is 7.68. The summed E-state index contributed by atoms with van der Waals surface area (Å²) in [6.45, 7) is 4.56. The maximum Gasteiger partial charge on any atom is 0.275 e. The zero-order chi connectivity index (χ0) is 18.9. The molecule has 148 valence electrons. The van der Waals surface area contributed by atoms with Gasteiger partial charge in [0.15, 0.2) is 18.0 Å². The van der Waals surface area contributed by atoms with Crippen LogP contribution in [0.4, 0.5) is 0 Å². The van der Waals surface area contributed by atoms with E-state index in [1.807, 2.05) is 18.2 Å². The average molecular weight is 375 g/mol. The summed E-state index contributed by atoms with van der Waals surface area (Å²) in [6.07, 6.45) is 6.11. The predicted molar refractivity (Wildman–Crippen MR) is 101 cm³/mol. The molecule has 1 saturated heterocycles. The van der Waals surface area contributed by atoms with E-state index in [0.29, 0.717) is 37.1 Å². The molecular weight excluding hydrogens is 344 g/mol. The minimum Gasteiger partial charge on any atom is -0.454 e. The van der Waals surface area contributed by atoms with Crippen LogP contribution in [-0.4, -0.2) is 43.5 Å². The number of aliphatic hydroxyl groups is 1. The Labute approximate surface area is 160 Å².